The molecule has 2 aromatic heterocycles. The highest BCUT2D eigenvalue weighted by Crippen LogP contribution is 2.27. The molecule has 0 saturated carbocycles. The third kappa shape index (κ3) is 4.04. The summed E-state index contributed by atoms with van der Waals surface area (Å²) in [6, 6.07) is 15.5. The number of amides is 1. The molecule has 0 unspecified atom stereocenters. The summed E-state index contributed by atoms with van der Waals surface area (Å²) >= 11 is 1.44. The summed E-state index contributed by atoms with van der Waals surface area (Å²) in [5, 5.41) is 2.85. The Kier molecular flexibility index (Phi) is 5.49. The van der Waals surface area contributed by atoms with Crippen LogP contribution < -0.4 is 20.3 Å². The Morgan fingerprint density at radius 2 is 1.87 bits per heavy atom. The van der Waals surface area contributed by atoms with Crippen molar-refractivity contribution < 1.29 is 14.3 Å². The molecule has 0 spiro atoms. The standard InChI is InChI=1S/C22H19N3O4S/c1-14-12-25-20(26)11-15(23-22(25)30-14)13-29-19-10-6-4-8-17(19)24-21(27)16-7-3-5-9-18(16)28-2/h3-12H,13H2,1-2H3,(H,24,27). The summed E-state index contributed by atoms with van der Waals surface area (Å²) in [6.07, 6.45) is 1.77. The maximum atomic E-state index is 12.7. The number of fused-ring (bicyclic) bond motifs is 1. The smallest absolute Gasteiger partial charge is 0.259 e. The summed E-state index contributed by atoms with van der Waals surface area (Å²) < 4.78 is 12.7. The lowest BCUT2D eigenvalue weighted by Crippen LogP contribution is -2.15. The zero-order valence-electron chi connectivity index (χ0n) is 16.4. The van der Waals surface area contributed by atoms with Crippen molar-refractivity contribution in [2.45, 2.75) is 13.5 Å². The lowest BCUT2D eigenvalue weighted by atomic mass is 10.2. The predicted molar refractivity (Wildman–Crippen MR) is 116 cm³/mol. The van der Waals surface area contributed by atoms with Gasteiger partial charge in [0.2, 0.25) is 0 Å². The van der Waals surface area contributed by atoms with Crippen LogP contribution in [-0.4, -0.2) is 22.4 Å². The van der Waals surface area contributed by atoms with Crippen molar-refractivity contribution in [2.75, 3.05) is 12.4 Å². The summed E-state index contributed by atoms with van der Waals surface area (Å²) in [7, 11) is 1.52. The molecule has 8 heteroatoms. The van der Waals surface area contributed by atoms with Crippen LogP contribution in [0.4, 0.5) is 5.69 Å². The van der Waals surface area contributed by atoms with Crippen molar-refractivity contribution in [1.29, 1.82) is 0 Å². The molecule has 0 bridgehead atoms. The number of aromatic nitrogens is 2. The van der Waals surface area contributed by atoms with E-state index < -0.39 is 0 Å². The van der Waals surface area contributed by atoms with Crippen LogP contribution in [0.15, 0.2) is 65.6 Å². The lowest BCUT2D eigenvalue weighted by molar-refractivity contribution is 0.102. The van der Waals surface area contributed by atoms with Crippen LogP contribution in [0, 0.1) is 6.92 Å². The van der Waals surface area contributed by atoms with Crippen molar-refractivity contribution in [3.8, 4) is 11.5 Å². The molecule has 4 rings (SSSR count). The number of rotatable bonds is 6. The molecule has 0 aliphatic heterocycles. The van der Waals surface area contributed by atoms with Crippen LogP contribution in [0.25, 0.3) is 4.96 Å². The normalized spacial score (nSPS) is 10.7. The van der Waals surface area contributed by atoms with Crippen molar-refractivity contribution in [1.82, 2.24) is 9.38 Å². The van der Waals surface area contributed by atoms with E-state index in [1.54, 1.807) is 48.7 Å². The first-order chi connectivity index (χ1) is 14.5. The maximum Gasteiger partial charge on any atom is 0.259 e. The zero-order chi connectivity index (χ0) is 21.1. The number of aryl methyl sites for hydroxylation is 1. The molecule has 2 aromatic carbocycles. The van der Waals surface area contributed by atoms with Crippen LogP contribution in [0.3, 0.4) is 0 Å². The third-order valence-corrected chi connectivity index (χ3v) is 5.30. The van der Waals surface area contributed by atoms with E-state index in [0.717, 1.165) is 4.88 Å². The molecule has 0 saturated heterocycles. The molecule has 0 radical (unpaired) electrons. The predicted octanol–water partition coefficient (Wildman–Crippen LogP) is 3.90. The zero-order valence-corrected chi connectivity index (χ0v) is 17.2. The SMILES string of the molecule is COc1ccccc1C(=O)Nc1ccccc1OCc1cc(=O)n2cc(C)sc2n1. The van der Waals surface area contributed by atoms with Crippen LogP contribution in [0.1, 0.15) is 20.9 Å². The van der Waals surface area contributed by atoms with Gasteiger partial charge in [0.1, 0.15) is 18.1 Å². The summed E-state index contributed by atoms with van der Waals surface area (Å²) in [4.78, 5) is 31.1. The third-order valence-electron chi connectivity index (χ3n) is 4.40. The summed E-state index contributed by atoms with van der Waals surface area (Å²) in [5.74, 6) is 0.651. The van der Waals surface area contributed by atoms with Crippen LogP contribution >= 0.6 is 11.3 Å². The Bertz CT molecular complexity index is 1280. The number of benzene rings is 2. The average molecular weight is 421 g/mol. The molecule has 4 aromatic rings. The average Bonchev–Trinajstić information content (AvgIpc) is 3.14. The molecule has 1 amide bonds. The Morgan fingerprint density at radius 3 is 2.67 bits per heavy atom. The number of hydrogen-bond acceptors (Lipinski definition) is 6. The molecule has 1 N–H and O–H groups in total. The van der Waals surface area contributed by atoms with Gasteiger partial charge in [-0.15, -0.1) is 11.3 Å². The van der Waals surface area contributed by atoms with Crippen molar-refractivity contribution in [2.24, 2.45) is 0 Å². The monoisotopic (exact) mass is 421 g/mol. The number of para-hydroxylation sites is 3. The Hall–Kier alpha value is -3.65. The van der Waals surface area contributed by atoms with Gasteiger partial charge < -0.3 is 14.8 Å². The molecule has 30 heavy (non-hydrogen) atoms. The molecule has 152 valence electrons. The number of methoxy groups -OCH3 is 1. The fourth-order valence-electron chi connectivity index (χ4n) is 3.00. The molecule has 0 aliphatic carbocycles. The van der Waals surface area contributed by atoms with E-state index in [1.807, 2.05) is 13.0 Å². The second-order valence-electron chi connectivity index (χ2n) is 6.52. The second kappa shape index (κ2) is 8.38. The Balaban J connectivity index is 1.54. The minimum atomic E-state index is -0.310. The van der Waals surface area contributed by atoms with Gasteiger partial charge >= 0.3 is 0 Å². The van der Waals surface area contributed by atoms with Gasteiger partial charge in [0.05, 0.1) is 24.1 Å². The highest BCUT2D eigenvalue weighted by Gasteiger charge is 2.14. The van der Waals surface area contributed by atoms with Gasteiger partial charge in [0, 0.05) is 17.1 Å². The van der Waals surface area contributed by atoms with E-state index in [4.69, 9.17) is 9.47 Å². The quantitative estimate of drug-likeness (QED) is 0.511. The Morgan fingerprint density at radius 1 is 1.13 bits per heavy atom. The minimum absolute atomic E-state index is 0.101. The van der Waals surface area contributed by atoms with Crippen molar-refractivity contribution >= 4 is 27.9 Å². The molecular formula is C22H19N3O4S. The number of ether oxygens (including phenoxy) is 2. The van der Waals surface area contributed by atoms with E-state index in [9.17, 15) is 9.59 Å². The molecule has 7 nitrogen and oxygen atoms in total. The van der Waals surface area contributed by atoms with Gasteiger partial charge in [-0.05, 0) is 31.2 Å². The molecule has 0 fully saturated rings. The molecule has 0 aliphatic rings. The first-order valence-electron chi connectivity index (χ1n) is 9.20. The number of hydrogen-bond donors (Lipinski definition) is 1. The maximum absolute atomic E-state index is 12.7. The number of carbonyl (C=O) groups is 1. The molecular weight excluding hydrogens is 402 g/mol. The van der Waals surface area contributed by atoms with E-state index >= 15 is 0 Å². The van der Waals surface area contributed by atoms with Crippen LogP contribution in [-0.2, 0) is 6.61 Å². The van der Waals surface area contributed by atoms with E-state index in [2.05, 4.69) is 10.3 Å². The van der Waals surface area contributed by atoms with Crippen molar-refractivity contribution in [3.05, 3.63) is 87.3 Å². The lowest BCUT2D eigenvalue weighted by Gasteiger charge is -2.13. The van der Waals surface area contributed by atoms with E-state index in [1.165, 1.54) is 28.9 Å². The topological polar surface area (TPSA) is 81.9 Å². The van der Waals surface area contributed by atoms with Crippen molar-refractivity contribution in [3.63, 3.8) is 0 Å². The van der Waals surface area contributed by atoms with Gasteiger partial charge in [0.25, 0.3) is 11.5 Å². The molecule has 0 atom stereocenters. The highest BCUT2D eigenvalue weighted by molar-refractivity contribution is 7.16. The van der Waals surface area contributed by atoms with E-state index in [0.29, 0.717) is 33.4 Å². The summed E-state index contributed by atoms with van der Waals surface area (Å²) in [5.41, 5.74) is 1.30. The van der Waals surface area contributed by atoms with Gasteiger partial charge in [0.15, 0.2) is 4.96 Å². The second-order valence-corrected chi connectivity index (χ2v) is 7.73. The molecule has 2 heterocycles. The number of nitrogens with one attached hydrogen (secondary N) is 1. The fraction of sp³-hybridized carbons (Fsp3) is 0.136. The Labute approximate surface area is 176 Å². The van der Waals surface area contributed by atoms with E-state index in [-0.39, 0.29) is 18.1 Å². The largest absolute Gasteiger partial charge is 0.496 e. The fourth-order valence-corrected chi connectivity index (χ4v) is 3.85. The van der Waals surface area contributed by atoms with Gasteiger partial charge in [-0.25, -0.2) is 4.98 Å². The number of nitrogens with zero attached hydrogens (tertiary/aromatic N) is 2. The number of anilines is 1. The first-order valence-corrected chi connectivity index (χ1v) is 10.0. The number of thiazole rings is 1. The first kappa shape index (κ1) is 19.7. The van der Waals surface area contributed by atoms with Gasteiger partial charge in [-0.1, -0.05) is 24.3 Å². The van der Waals surface area contributed by atoms with Crippen LogP contribution in [0.2, 0.25) is 0 Å². The minimum Gasteiger partial charge on any atom is -0.496 e. The summed E-state index contributed by atoms with van der Waals surface area (Å²) in [6.45, 7) is 2.03. The number of carbonyl (C=O) groups excluding carboxylic acids is 1. The van der Waals surface area contributed by atoms with Crippen LogP contribution in [0.5, 0.6) is 11.5 Å². The van der Waals surface area contributed by atoms with Gasteiger partial charge in [-0.2, -0.15) is 0 Å². The van der Waals surface area contributed by atoms with Gasteiger partial charge in [-0.3, -0.25) is 14.0 Å². The highest BCUT2D eigenvalue weighted by atomic mass is 32.1.